The molecule has 0 radical (unpaired) electrons. The van der Waals surface area contributed by atoms with Crippen molar-refractivity contribution in [2.75, 3.05) is 0 Å². The number of allylic oxidation sites excluding steroid dienone is 11. The van der Waals surface area contributed by atoms with Gasteiger partial charge in [0.2, 0.25) is 0 Å². The van der Waals surface area contributed by atoms with Crippen LogP contribution in [-0.2, 0) is 0 Å². The molecule has 0 aliphatic heterocycles. The van der Waals surface area contributed by atoms with Gasteiger partial charge in [-0.1, -0.05) is 61.8 Å². The van der Waals surface area contributed by atoms with Crippen LogP contribution in [0.5, 0.6) is 0 Å². The Morgan fingerprint density at radius 2 is 1.83 bits per heavy atom. The minimum Gasteiger partial charge on any atom is -0.0912 e. The summed E-state index contributed by atoms with van der Waals surface area (Å²) in [5.74, 6) is 0. The van der Waals surface area contributed by atoms with Crippen LogP contribution in [0.25, 0.3) is 0 Å². The smallest absolute Gasteiger partial charge is 0.00638 e. The van der Waals surface area contributed by atoms with Gasteiger partial charge in [0.1, 0.15) is 0 Å². The van der Waals surface area contributed by atoms with Crippen molar-refractivity contribution in [3.63, 3.8) is 0 Å². The Morgan fingerprint density at radius 3 is 2.44 bits per heavy atom. The van der Waals surface area contributed by atoms with Crippen LogP contribution < -0.4 is 0 Å². The van der Waals surface area contributed by atoms with Gasteiger partial charge in [0.05, 0.1) is 0 Å². The molecular formula is C18H22. The van der Waals surface area contributed by atoms with Gasteiger partial charge in [-0.2, -0.15) is 0 Å². The second-order valence-electron chi connectivity index (χ2n) is 4.49. The fourth-order valence-electron chi connectivity index (χ4n) is 1.96. The van der Waals surface area contributed by atoms with Crippen LogP contribution in [0.1, 0.15) is 26.7 Å². The first-order chi connectivity index (χ1) is 8.58. The Balaban J connectivity index is 2.67. The molecule has 18 heavy (non-hydrogen) atoms. The Bertz CT molecular complexity index is 476. The molecule has 94 valence electrons. The van der Waals surface area contributed by atoms with Crippen molar-refractivity contribution in [1.29, 1.82) is 0 Å². The van der Waals surface area contributed by atoms with Gasteiger partial charge in [-0.05, 0) is 49.0 Å². The van der Waals surface area contributed by atoms with E-state index in [2.05, 4.69) is 44.0 Å². The third-order valence-corrected chi connectivity index (χ3v) is 2.96. The number of rotatable bonds is 5. The Morgan fingerprint density at radius 1 is 1.11 bits per heavy atom. The zero-order chi connectivity index (χ0) is 13.5. The van der Waals surface area contributed by atoms with Gasteiger partial charge in [0.15, 0.2) is 0 Å². The number of hydrogen-bond acceptors (Lipinski definition) is 0. The summed E-state index contributed by atoms with van der Waals surface area (Å²) in [6.07, 6.45) is 14.6. The van der Waals surface area contributed by atoms with Crippen LogP contribution in [-0.4, -0.2) is 0 Å². The molecule has 0 saturated heterocycles. The molecule has 0 amide bonds. The lowest BCUT2D eigenvalue weighted by atomic mass is 9.98. The summed E-state index contributed by atoms with van der Waals surface area (Å²) >= 11 is 0. The second kappa shape index (κ2) is 6.80. The van der Waals surface area contributed by atoms with Gasteiger partial charge in [-0.25, -0.2) is 0 Å². The van der Waals surface area contributed by atoms with Crippen molar-refractivity contribution >= 4 is 0 Å². The molecule has 0 nitrogen and oxygen atoms in total. The van der Waals surface area contributed by atoms with E-state index in [9.17, 15) is 0 Å². The third-order valence-electron chi connectivity index (χ3n) is 2.96. The van der Waals surface area contributed by atoms with E-state index < -0.39 is 0 Å². The summed E-state index contributed by atoms with van der Waals surface area (Å²) in [5.41, 5.74) is 5.58. The highest BCUT2D eigenvalue weighted by Gasteiger charge is 2.08. The third kappa shape index (κ3) is 3.89. The molecule has 0 spiro atoms. The lowest BCUT2D eigenvalue weighted by Gasteiger charge is -2.06. The van der Waals surface area contributed by atoms with Crippen LogP contribution in [0.4, 0.5) is 0 Å². The van der Waals surface area contributed by atoms with Crippen LogP contribution in [0, 0.1) is 0 Å². The van der Waals surface area contributed by atoms with Crippen LogP contribution in [0.3, 0.4) is 0 Å². The van der Waals surface area contributed by atoms with Crippen LogP contribution in [0.2, 0.25) is 0 Å². The first-order valence-electron chi connectivity index (χ1n) is 6.29. The molecule has 1 aliphatic rings. The topological polar surface area (TPSA) is 0 Å². The lowest BCUT2D eigenvalue weighted by Crippen LogP contribution is -1.87. The van der Waals surface area contributed by atoms with Gasteiger partial charge >= 0.3 is 0 Å². The zero-order valence-corrected chi connectivity index (χ0v) is 11.5. The molecule has 0 saturated carbocycles. The summed E-state index contributed by atoms with van der Waals surface area (Å²) in [4.78, 5) is 0. The first-order valence-corrected chi connectivity index (χ1v) is 6.29. The maximum Gasteiger partial charge on any atom is -0.00638 e. The SMILES string of the molecule is C=C(/C=C\C)C(=C)C(=C)/C=C1\CC=C(/C=C\C)C1. The predicted octanol–water partition coefficient (Wildman–Crippen LogP) is 5.45. The molecule has 0 fully saturated rings. The highest BCUT2D eigenvalue weighted by atomic mass is 14.1. The normalized spacial score (nSPS) is 17.7. The fraction of sp³-hybridized carbons (Fsp3) is 0.222. The molecular weight excluding hydrogens is 216 g/mol. The lowest BCUT2D eigenvalue weighted by molar-refractivity contribution is 1.16. The summed E-state index contributed by atoms with van der Waals surface area (Å²) in [7, 11) is 0. The quantitative estimate of drug-likeness (QED) is 0.558. The van der Waals surface area contributed by atoms with Gasteiger partial charge in [0, 0.05) is 0 Å². The zero-order valence-electron chi connectivity index (χ0n) is 11.5. The molecule has 0 aromatic heterocycles. The van der Waals surface area contributed by atoms with E-state index in [-0.39, 0.29) is 0 Å². The van der Waals surface area contributed by atoms with E-state index in [0.717, 1.165) is 29.6 Å². The molecule has 1 aliphatic carbocycles. The van der Waals surface area contributed by atoms with Gasteiger partial charge in [0.25, 0.3) is 0 Å². The van der Waals surface area contributed by atoms with Crippen LogP contribution >= 0.6 is 0 Å². The van der Waals surface area contributed by atoms with E-state index in [1.807, 2.05) is 26.0 Å². The molecule has 1 rings (SSSR count). The minimum absolute atomic E-state index is 0.917. The Kier molecular flexibility index (Phi) is 5.38. The first kappa shape index (κ1) is 14.2. The number of hydrogen-bond donors (Lipinski definition) is 0. The molecule has 0 heterocycles. The van der Waals surface area contributed by atoms with Crippen molar-refractivity contribution in [1.82, 2.24) is 0 Å². The molecule has 0 atom stereocenters. The second-order valence-corrected chi connectivity index (χ2v) is 4.49. The van der Waals surface area contributed by atoms with E-state index in [1.54, 1.807) is 0 Å². The van der Waals surface area contributed by atoms with Crippen LogP contribution in [0.15, 0.2) is 84.1 Å². The molecule has 0 aromatic rings. The predicted molar refractivity (Wildman–Crippen MR) is 82.4 cm³/mol. The highest BCUT2D eigenvalue weighted by molar-refractivity contribution is 5.53. The maximum atomic E-state index is 4.08. The Labute approximate surface area is 111 Å². The average molecular weight is 238 g/mol. The van der Waals surface area contributed by atoms with Gasteiger partial charge < -0.3 is 0 Å². The standard InChI is InChI=1S/C18H22/c1-6-8-14(3)16(5)15(4)12-18-11-10-17(13-18)9-7-2/h6-10,12H,3-5,11,13H2,1-2H3/b8-6-,9-7-,18-12+. The molecule has 0 N–H and O–H groups in total. The van der Waals surface area contributed by atoms with Crippen molar-refractivity contribution in [2.24, 2.45) is 0 Å². The van der Waals surface area contributed by atoms with E-state index in [1.165, 1.54) is 11.1 Å². The molecule has 0 unspecified atom stereocenters. The molecule has 0 heteroatoms. The average Bonchev–Trinajstić information content (AvgIpc) is 2.76. The monoisotopic (exact) mass is 238 g/mol. The maximum absolute atomic E-state index is 4.08. The minimum atomic E-state index is 0.917. The van der Waals surface area contributed by atoms with E-state index >= 15 is 0 Å². The van der Waals surface area contributed by atoms with Crippen molar-refractivity contribution in [3.8, 4) is 0 Å². The Hall–Kier alpha value is -1.82. The van der Waals surface area contributed by atoms with Gasteiger partial charge in [-0.15, -0.1) is 0 Å². The summed E-state index contributed by atoms with van der Waals surface area (Å²) in [5, 5.41) is 0. The van der Waals surface area contributed by atoms with Crippen molar-refractivity contribution in [3.05, 3.63) is 84.1 Å². The van der Waals surface area contributed by atoms with Crippen molar-refractivity contribution in [2.45, 2.75) is 26.7 Å². The summed E-state index contributed by atoms with van der Waals surface area (Å²) in [6, 6.07) is 0. The summed E-state index contributed by atoms with van der Waals surface area (Å²) in [6.45, 7) is 16.1. The van der Waals surface area contributed by atoms with E-state index in [0.29, 0.717) is 0 Å². The molecule has 0 bridgehead atoms. The van der Waals surface area contributed by atoms with Crippen molar-refractivity contribution < 1.29 is 0 Å². The molecule has 0 aromatic carbocycles. The summed E-state index contributed by atoms with van der Waals surface area (Å²) < 4.78 is 0. The van der Waals surface area contributed by atoms with E-state index in [4.69, 9.17) is 0 Å². The largest absolute Gasteiger partial charge is 0.0912 e. The highest BCUT2D eigenvalue weighted by Crippen LogP contribution is 2.28. The fourth-order valence-corrected chi connectivity index (χ4v) is 1.96. The van der Waals surface area contributed by atoms with Gasteiger partial charge in [-0.3, -0.25) is 0 Å².